The molecule has 3 heterocycles. The van der Waals surface area contributed by atoms with E-state index >= 15 is 0 Å². The lowest BCUT2D eigenvalue weighted by Crippen LogP contribution is -2.50. The molecule has 7 rings (SSSR count). The molecule has 2 saturated heterocycles. The molecule has 0 aromatic carbocycles. The van der Waals surface area contributed by atoms with E-state index in [-0.39, 0.29) is 35.5 Å². The first-order valence-electron chi connectivity index (χ1n) is 11.7. The number of nitrogens with zero attached hydrogens (tertiary/aromatic N) is 5. The molecule has 0 N–H and O–H groups in total. The van der Waals surface area contributed by atoms with Gasteiger partial charge in [-0.1, -0.05) is 24.3 Å². The van der Waals surface area contributed by atoms with Crippen molar-refractivity contribution in [2.24, 2.45) is 35.5 Å². The minimum absolute atomic E-state index is 0.0876. The van der Waals surface area contributed by atoms with Gasteiger partial charge in [-0.15, -0.1) is 0 Å². The number of carbonyl (C=O) groups is 2. The zero-order chi connectivity index (χ0) is 20.9. The van der Waals surface area contributed by atoms with Gasteiger partial charge in [0.1, 0.15) is 0 Å². The molecule has 2 aliphatic heterocycles. The lowest BCUT2D eigenvalue weighted by atomic mass is 9.50. The molecule has 2 bridgehead atoms. The van der Waals surface area contributed by atoms with Crippen LogP contribution in [-0.4, -0.2) is 70.9 Å². The summed E-state index contributed by atoms with van der Waals surface area (Å²) in [6.07, 6.45) is 14.4. The van der Waals surface area contributed by atoms with Gasteiger partial charge >= 0.3 is 0 Å². The Morgan fingerprint density at radius 2 is 1.29 bits per heavy atom. The van der Waals surface area contributed by atoms with Gasteiger partial charge in [0.2, 0.25) is 17.8 Å². The number of hydrogen-bond acceptors (Lipinski definition) is 6. The molecule has 4 aliphatic carbocycles. The molecular formula is C24H29N5O2. The maximum atomic E-state index is 13.1. The summed E-state index contributed by atoms with van der Waals surface area (Å²) in [4.78, 5) is 41.2. The van der Waals surface area contributed by atoms with E-state index in [2.05, 4.69) is 44.1 Å². The van der Waals surface area contributed by atoms with Crippen LogP contribution in [0.1, 0.15) is 12.8 Å². The number of allylic oxidation sites excluding steroid dienone is 4. The highest BCUT2D eigenvalue weighted by atomic mass is 16.2. The third kappa shape index (κ3) is 3.04. The third-order valence-corrected chi connectivity index (χ3v) is 8.08. The molecule has 6 atom stereocenters. The average molecular weight is 420 g/mol. The number of unbranched alkanes of at least 4 members (excludes halogenated alkanes) is 1. The third-order valence-electron chi connectivity index (χ3n) is 8.08. The Bertz CT molecular complexity index is 883. The number of anilines is 1. The Balaban J connectivity index is 0.985. The molecule has 7 heteroatoms. The van der Waals surface area contributed by atoms with E-state index in [1.807, 2.05) is 6.07 Å². The standard InChI is InChI=1S/C24H29N5O2/c30-22-20-18-6-7-19(17-5-4-16(17)18)21(20)23(31)29(22)11-2-1-10-27-12-14-28(15-13-27)24-25-8-3-9-26-24/h3-9,16-21H,1-2,10-15H2/t16-,17+,18+,19-,20+,21-. The minimum Gasteiger partial charge on any atom is -0.338 e. The van der Waals surface area contributed by atoms with Gasteiger partial charge in [0, 0.05) is 45.1 Å². The second-order valence-corrected chi connectivity index (χ2v) is 9.54. The second kappa shape index (κ2) is 7.55. The summed E-state index contributed by atoms with van der Waals surface area (Å²) < 4.78 is 0. The van der Waals surface area contributed by atoms with E-state index < -0.39 is 0 Å². The Labute approximate surface area is 182 Å². The Morgan fingerprint density at radius 3 is 1.87 bits per heavy atom. The summed E-state index contributed by atoms with van der Waals surface area (Å²) in [6, 6.07) is 1.84. The number of imide groups is 1. The van der Waals surface area contributed by atoms with Crippen LogP contribution < -0.4 is 4.90 Å². The quantitative estimate of drug-likeness (QED) is 0.396. The van der Waals surface area contributed by atoms with Crippen molar-refractivity contribution in [1.29, 1.82) is 0 Å². The molecular weight excluding hydrogens is 390 g/mol. The van der Waals surface area contributed by atoms with Crippen LogP contribution in [0.5, 0.6) is 0 Å². The van der Waals surface area contributed by atoms with Gasteiger partial charge in [-0.25, -0.2) is 9.97 Å². The van der Waals surface area contributed by atoms with Crippen LogP contribution in [0, 0.1) is 35.5 Å². The lowest BCUT2D eigenvalue weighted by molar-refractivity contribution is -0.140. The van der Waals surface area contributed by atoms with Crippen LogP contribution in [0.15, 0.2) is 42.8 Å². The fraction of sp³-hybridized carbons (Fsp3) is 0.583. The van der Waals surface area contributed by atoms with Crippen molar-refractivity contribution in [3.05, 3.63) is 42.8 Å². The molecule has 7 nitrogen and oxygen atoms in total. The van der Waals surface area contributed by atoms with E-state index in [4.69, 9.17) is 0 Å². The van der Waals surface area contributed by atoms with Crippen molar-refractivity contribution in [1.82, 2.24) is 19.8 Å². The molecule has 0 spiro atoms. The number of piperazine rings is 1. The maximum Gasteiger partial charge on any atom is 0.233 e. The minimum atomic E-state index is -0.109. The molecule has 162 valence electrons. The molecule has 1 aromatic heterocycles. The largest absolute Gasteiger partial charge is 0.338 e. The first-order chi connectivity index (χ1) is 15.2. The summed E-state index contributed by atoms with van der Waals surface area (Å²) >= 11 is 0. The van der Waals surface area contributed by atoms with Crippen LogP contribution in [0.3, 0.4) is 0 Å². The van der Waals surface area contributed by atoms with Crippen molar-refractivity contribution in [3.63, 3.8) is 0 Å². The number of hydrogen-bond donors (Lipinski definition) is 0. The zero-order valence-corrected chi connectivity index (χ0v) is 17.7. The summed E-state index contributed by atoms with van der Waals surface area (Å²) in [6.45, 7) is 5.44. The van der Waals surface area contributed by atoms with E-state index in [0.717, 1.165) is 51.5 Å². The van der Waals surface area contributed by atoms with E-state index in [1.54, 1.807) is 17.3 Å². The van der Waals surface area contributed by atoms with E-state index in [0.29, 0.717) is 18.4 Å². The molecule has 1 aromatic rings. The van der Waals surface area contributed by atoms with E-state index in [1.165, 1.54) is 0 Å². The summed E-state index contributed by atoms with van der Waals surface area (Å²) in [7, 11) is 0. The summed E-state index contributed by atoms with van der Waals surface area (Å²) in [5, 5.41) is 0. The van der Waals surface area contributed by atoms with Crippen molar-refractivity contribution in [2.75, 3.05) is 44.2 Å². The monoisotopic (exact) mass is 419 g/mol. The van der Waals surface area contributed by atoms with Crippen LogP contribution >= 0.6 is 0 Å². The van der Waals surface area contributed by atoms with Crippen LogP contribution in [-0.2, 0) is 9.59 Å². The average Bonchev–Trinajstić information content (AvgIpc) is 3.04. The van der Waals surface area contributed by atoms with Gasteiger partial charge in [0.05, 0.1) is 11.8 Å². The molecule has 31 heavy (non-hydrogen) atoms. The first-order valence-corrected chi connectivity index (χ1v) is 11.7. The second-order valence-electron chi connectivity index (χ2n) is 9.54. The van der Waals surface area contributed by atoms with Gasteiger partial charge in [-0.3, -0.25) is 19.4 Å². The topological polar surface area (TPSA) is 69.6 Å². The Morgan fingerprint density at radius 1 is 0.742 bits per heavy atom. The van der Waals surface area contributed by atoms with Crippen LogP contribution in [0.4, 0.5) is 5.95 Å². The maximum absolute atomic E-state index is 13.1. The number of rotatable bonds is 6. The summed E-state index contributed by atoms with van der Waals surface area (Å²) in [5.41, 5.74) is 0. The molecule has 3 fully saturated rings. The predicted octanol–water partition coefficient (Wildman–Crippen LogP) is 1.60. The van der Waals surface area contributed by atoms with Crippen molar-refractivity contribution >= 4 is 17.8 Å². The smallest absolute Gasteiger partial charge is 0.233 e. The van der Waals surface area contributed by atoms with Crippen molar-refractivity contribution in [2.45, 2.75) is 12.8 Å². The number of carbonyl (C=O) groups excluding carboxylic acids is 2. The van der Waals surface area contributed by atoms with Crippen LogP contribution in [0.25, 0.3) is 0 Å². The Hall–Kier alpha value is -2.54. The molecule has 6 aliphatic rings. The molecule has 1 saturated carbocycles. The van der Waals surface area contributed by atoms with Crippen LogP contribution in [0.2, 0.25) is 0 Å². The fourth-order valence-electron chi connectivity index (χ4n) is 6.40. The number of aromatic nitrogens is 2. The normalized spacial score (nSPS) is 36.0. The van der Waals surface area contributed by atoms with Crippen molar-refractivity contribution in [3.8, 4) is 0 Å². The van der Waals surface area contributed by atoms with Gasteiger partial charge in [0.15, 0.2) is 0 Å². The predicted molar refractivity (Wildman–Crippen MR) is 116 cm³/mol. The molecule has 0 unspecified atom stereocenters. The summed E-state index contributed by atoms with van der Waals surface area (Å²) in [5.74, 6) is 2.19. The molecule has 0 radical (unpaired) electrons. The SMILES string of the molecule is O=C1[C@@H]2[C@@H]3C=C[C@@H]([C@@H]4C=C[C@@H]43)[C@@H]2C(=O)N1CCCCN1CCN(c2ncccn2)CC1. The highest BCUT2D eigenvalue weighted by Gasteiger charge is 2.62. The highest BCUT2D eigenvalue weighted by Crippen LogP contribution is 2.58. The number of amides is 2. The first kappa shape index (κ1) is 19.2. The van der Waals surface area contributed by atoms with Gasteiger partial charge < -0.3 is 4.90 Å². The lowest BCUT2D eigenvalue weighted by Gasteiger charge is -2.51. The van der Waals surface area contributed by atoms with Gasteiger partial charge in [-0.05, 0) is 49.1 Å². The zero-order valence-electron chi connectivity index (χ0n) is 17.7. The fourth-order valence-corrected chi connectivity index (χ4v) is 6.40. The van der Waals surface area contributed by atoms with Crippen molar-refractivity contribution < 1.29 is 9.59 Å². The highest BCUT2D eigenvalue weighted by molar-refractivity contribution is 6.06. The van der Waals surface area contributed by atoms with E-state index in [9.17, 15) is 9.59 Å². The molecule has 2 amide bonds. The van der Waals surface area contributed by atoms with Gasteiger partial charge in [-0.2, -0.15) is 0 Å². The van der Waals surface area contributed by atoms with Gasteiger partial charge in [0.25, 0.3) is 0 Å². The number of likely N-dealkylation sites (tertiary alicyclic amines) is 1. The Kier molecular flexibility index (Phi) is 4.67.